The van der Waals surface area contributed by atoms with Crippen molar-refractivity contribution < 1.29 is 0 Å². The Kier molecular flexibility index (Phi) is 4.36. The van der Waals surface area contributed by atoms with Gasteiger partial charge in [-0.2, -0.15) is 0 Å². The molecule has 0 saturated carbocycles. The summed E-state index contributed by atoms with van der Waals surface area (Å²) in [6.07, 6.45) is 4.77. The molecule has 0 heteroatoms. The van der Waals surface area contributed by atoms with Gasteiger partial charge in [0.25, 0.3) is 0 Å². The van der Waals surface area contributed by atoms with Crippen LogP contribution in [0.4, 0.5) is 0 Å². The highest BCUT2D eigenvalue weighted by atomic mass is 14.3. The van der Waals surface area contributed by atoms with E-state index in [4.69, 9.17) is 0 Å². The maximum absolute atomic E-state index is 2.33. The predicted octanol–water partition coefficient (Wildman–Crippen LogP) is 6.04. The number of hydrogen-bond acceptors (Lipinski definition) is 0. The molecule has 2 aromatic rings. The molecule has 0 aromatic heterocycles. The van der Waals surface area contributed by atoms with Crippen molar-refractivity contribution in [1.82, 2.24) is 0 Å². The van der Waals surface area contributed by atoms with Crippen LogP contribution in [0.1, 0.15) is 66.8 Å². The van der Waals surface area contributed by atoms with Crippen molar-refractivity contribution >= 4 is 0 Å². The zero-order valence-corrected chi connectivity index (χ0v) is 16.8. The fraction of sp³-hybridized carbons (Fsp3) is 0.500. The van der Waals surface area contributed by atoms with Crippen LogP contribution in [0.3, 0.4) is 0 Å². The zero-order chi connectivity index (χ0) is 17.8. The summed E-state index contributed by atoms with van der Waals surface area (Å²) in [5.41, 5.74) is 18.7. The van der Waals surface area contributed by atoms with Crippen molar-refractivity contribution in [1.29, 1.82) is 0 Å². The highest BCUT2D eigenvalue weighted by molar-refractivity contribution is 5.55. The molecule has 3 rings (SSSR count). The van der Waals surface area contributed by atoms with Crippen molar-refractivity contribution in [3.63, 3.8) is 0 Å². The third-order valence-electron chi connectivity index (χ3n) is 7.16. The van der Waals surface area contributed by atoms with Gasteiger partial charge in [-0.25, -0.2) is 0 Å². The Balaban J connectivity index is 2.18. The summed E-state index contributed by atoms with van der Waals surface area (Å²) in [6.45, 7) is 18.5. The first-order valence-corrected chi connectivity index (χ1v) is 9.41. The molecular formula is C24H32. The molecule has 0 spiro atoms. The van der Waals surface area contributed by atoms with Crippen LogP contribution < -0.4 is 0 Å². The van der Waals surface area contributed by atoms with Gasteiger partial charge < -0.3 is 0 Å². The number of fused-ring (bicyclic) bond motifs is 2. The minimum absolute atomic E-state index is 1.19. The molecule has 0 amide bonds. The molecule has 0 heterocycles. The van der Waals surface area contributed by atoms with Gasteiger partial charge in [-0.05, 0) is 148 Å². The van der Waals surface area contributed by atoms with Crippen molar-refractivity contribution in [3.8, 4) is 0 Å². The normalized spacial score (nSPS) is 14.0. The van der Waals surface area contributed by atoms with Crippen LogP contribution in [0.25, 0.3) is 0 Å². The fourth-order valence-corrected chi connectivity index (χ4v) is 4.79. The van der Waals surface area contributed by atoms with Crippen LogP contribution in [0.5, 0.6) is 0 Å². The summed E-state index contributed by atoms with van der Waals surface area (Å²) in [7, 11) is 0. The summed E-state index contributed by atoms with van der Waals surface area (Å²) < 4.78 is 0. The molecule has 24 heavy (non-hydrogen) atoms. The fourth-order valence-electron chi connectivity index (χ4n) is 4.79. The second-order valence-electron chi connectivity index (χ2n) is 7.91. The molecule has 128 valence electrons. The highest BCUT2D eigenvalue weighted by Crippen LogP contribution is 2.34. The zero-order valence-electron chi connectivity index (χ0n) is 16.8. The number of benzene rings is 2. The van der Waals surface area contributed by atoms with E-state index in [0.717, 1.165) is 0 Å². The van der Waals surface area contributed by atoms with E-state index in [9.17, 15) is 0 Å². The molecule has 1 aliphatic rings. The molecule has 0 nitrogen and oxygen atoms in total. The second kappa shape index (κ2) is 6.06. The van der Waals surface area contributed by atoms with E-state index in [0.29, 0.717) is 0 Å². The van der Waals surface area contributed by atoms with Crippen LogP contribution >= 0.6 is 0 Å². The van der Waals surface area contributed by atoms with E-state index in [1.807, 2.05) is 0 Å². The van der Waals surface area contributed by atoms with E-state index in [-0.39, 0.29) is 0 Å². The lowest BCUT2D eigenvalue weighted by molar-refractivity contribution is 0.807. The molecule has 0 aliphatic heterocycles. The second-order valence-corrected chi connectivity index (χ2v) is 7.91. The topological polar surface area (TPSA) is 0 Å². The quantitative estimate of drug-likeness (QED) is 0.555. The van der Waals surface area contributed by atoms with Crippen LogP contribution in [-0.2, 0) is 25.7 Å². The molecule has 0 saturated heterocycles. The Morgan fingerprint density at radius 1 is 0.292 bits per heavy atom. The first kappa shape index (κ1) is 17.3. The minimum Gasteiger partial charge on any atom is -0.0447 e. The van der Waals surface area contributed by atoms with Gasteiger partial charge in [0, 0.05) is 0 Å². The smallest absolute Gasteiger partial charge is 0.0232 e. The van der Waals surface area contributed by atoms with E-state index >= 15 is 0 Å². The van der Waals surface area contributed by atoms with Gasteiger partial charge in [0.15, 0.2) is 0 Å². The molecule has 0 N–H and O–H groups in total. The van der Waals surface area contributed by atoms with Crippen LogP contribution in [0.2, 0.25) is 0 Å². The minimum atomic E-state index is 1.19. The van der Waals surface area contributed by atoms with Crippen molar-refractivity contribution in [2.75, 3.05) is 0 Å². The Bertz CT molecular complexity index is 693. The molecule has 0 fully saturated rings. The average molecular weight is 321 g/mol. The van der Waals surface area contributed by atoms with E-state index in [1.165, 1.54) is 70.2 Å². The Morgan fingerprint density at radius 2 is 0.458 bits per heavy atom. The van der Waals surface area contributed by atoms with Gasteiger partial charge in [0.1, 0.15) is 0 Å². The molecular weight excluding hydrogens is 288 g/mol. The van der Waals surface area contributed by atoms with Gasteiger partial charge in [0.2, 0.25) is 0 Å². The highest BCUT2D eigenvalue weighted by Gasteiger charge is 2.21. The van der Waals surface area contributed by atoms with Crippen molar-refractivity contribution in [3.05, 3.63) is 66.8 Å². The van der Waals surface area contributed by atoms with Crippen molar-refractivity contribution in [2.45, 2.75) is 81.1 Å². The summed E-state index contributed by atoms with van der Waals surface area (Å²) in [5, 5.41) is 0. The molecule has 0 radical (unpaired) electrons. The number of rotatable bonds is 0. The average Bonchev–Trinajstić information content (AvgIpc) is 2.55. The van der Waals surface area contributed by atoms with Gasteiger partial charge in [-0.15, -0.1) is 0 Å². The first-order valence-electron chi connectivity index (χ1n) is 9.41. The molecule has 0 bridgehead atoms. The summed E-state index contributed by atoms with van der Waals surface area (Å²) in [4.78, 5) is 0. The largest absolute Gasteiger partial charge is 0.0447 e. The molecule has 0 unspecified atom stereocenters. The Hall–Kier alpha value is -1.56. The van der Waals surface area contributed by atoms with Crippen LogP contribution in [-0.4, -0.2) is 0 Å². The molecule has 1 aliphatic carbocycles. The third-order valence-corrected chi connectivity index (χ3v) is 7.16. The van der Waals surface area contributed by atoms with Gasteiger partial charge in [-0.1, -0.05) is 0 Å². The summed E-state index contributed by atoms with van der Waals surface area (Å²) in [6, 6.07) is 0. The molecule has 2 aromatic carbocycles. The summed E-state index contributed by atoms with van der Waals surface area (Å²) >= 11 is 0. The SMILES string of the molecule is Cc1c(C)c(C)c2c(c1C)CCc1c(C)c(C)c(C)c(C)c1CC2. The van der Waals surface area contributed by atoms with E-state index in [2.05, 4.69) is 55.4 Å². The van der Waals surface area contributed by atoms with Gasteiger partial charge >= 0.3 is 0 Å². The van der Waals surface area contributed by atoms with Crippen LogP contribution in [0, 0.1) is 55.4 Å². The predicted molar refractivity (Wildman–Crippen MR) is 106 cm³/mol. The van der Waals surface area contributed by atoms with Gasteiger partial charge in [-0.3, -0.25) is 0 Å². The first-order chi connectivity index (χ1) is 11.3. The lowest BCUT2D eigenvalue weighted by atomic mass is 9.78. The van der Waals surface area contributed by atoms with E-state index in [1.54, 1.807) is 22.3 Å². The van der Waals surface area contributed by atoms with Crippen LogP contribution in [0.15, 0.2) is 0 Å². The van der Waals surface area contributed by atoms with E-state index < -0.39 is 0 Å². The Morgan fingerprint density at radius 3 is 0.625 bits per heavy atom. The molecule has 0 atom stereocenters. The summed E-state index contributed by atoms with van der Waals surface area (Å²) in [5.74, 6) is 0. The standard InChI is InChI=1S/C24H32/c1-13-14(2)18(6)22-11-12-24-20(8)16(4)15(3)19(7)23(24)10-9-21(22)17(13)5/h9-12H2,1-8H3. The lowest BCUT2D eigenvalue weighted by Crippen LogP contribution is -2.15. The van der Waals surface area contributed by atoms with Crippen molar-refractivity contribution in [2.24, 2.45) is 0 Å². The van der Waals surface area contributed by atoms with Gasteiger partial charge in [0.05, 0.1) is 0 Å². The monoisotopic (exact) mass is 320 g/mol. The number of hydrogen-bond donors (Lipinski definition) is 0. The third kappa shape index (κ3) is 2.42. The Labute approximate surface area is 148 Å². The lowest BCUT2D eigenvalue weighted by Gasteiger charge is -2.27. The maximum Gasteiger partial charge on any atom is -0.0232 e. The maximum atomic E-state index is 2.33.